The van der Waals surface area contributed by atoms with E-state index in [1.165, 1.54) is 0 Å². The summed E-state index contributed by atoms with van der Waals surface area (Å²) >= 11 is 0. The van der Waals surface area contributed by atoms with Gasteiger partial charge in [0.1, 0.15) is 0 Å². The van der Waals surface area contributed by atoms with E-state index in [4.69, 9.17) is 5.73 Å². The summed E-state index contributed by atoms with van der Waals surface area (Å²) in [6.45, 7) is 5.46. The highest BCUT2D eigenvalue weighted by Crippen LogP contribution is 2.16. The first kappa shape index (κ1) is 12.1. The average Bonchev–Trinajstić information content (AvgIpc) is 2.32. The summed E-state index contributed by atoms with van der Waals surface area (Å²) in [6.07, 6.45) is 1.92. The Balaban J connectivity index is 2.36. The molecule has 0 unspecified atom stereocenters. The fraction of sp³-hybridized carbons (Fsp3) is 0.667. The second-order valence-corrected chi connectivity index (χ2v) is 4.81. The van der Waals surface area contributed by atoms with E-state index < -0.39 is 0 Å². The summed E-state index contributed by atoms with van der Waals surface area (Å²) in [5.74, 6) is 0.769. The lowest BCUT2D eigenvalue weighted by molar-refractivity contribution is 0.489. The van der Waals surface area contributed by atoms with Crippen LogP contribution in [0.25, 0.3) is 0 Å². The van der Waals surface area contributed by atoms with Crippen molar-refractivity contribution in [2.75, 3.05) is 18.0 Å². The summed E-state index contributed by atoms with van der Waals surface area (Å²) in [7, 11) is 1.78. The fourth-order valence-electron chi connectivity index (χ4n) is 2.19. The van der Waals surface area contributed by atoms with Gasteiger partial charge in [0, 0.05) is 37.4 Å². The summed E-state index contributed by atoms with van der Waals surface area (Å²) in [6, 6.07) is 0.287. The zero-order valence-corrected chi connectivity index (χ0v) is 10.7. The second kappa shape index (κ2) is 4.49. The van der Waals surface area contributed by atoms with Crippen LogP contribution in [0.15, 0.2) is 4.79 Å². The van der Waals surface area contributed by atoms with Gasteiger partial charge in [-0.25, -0.2) is 4.98 Å². The Labute approximate surface area is 101 Å². The number of piperidine rings is 1. The minimum atomic E-state index is 0.0439. The first-order valence-corrected chi connectivity index (χ1v) is 6.05. The minimum Gasteiger partial charge on any atom is -0.342 e. The highest BCUT2D eigenvalue weighted by atomic mass is 16.1. The largest absolute Gasteiger partial charge is 0.342 e. The van der Waals surface area contributed by atoms with E-state index in [2.05, 4.69) is 9.88 Å². The minimum absolute atomic E-state index is 0.0439. The van der Waals surface area contributed by atoms with Crippen LogP contribution in [0.5, 0.6) is 0 Å². The highest BCUT2D eigenvalue weighted by molar-refractivity contribution is 5.35. The summed E-state index contributed by atoms with van der Waals surface area (Å²) in [4.78, 5) is 18.7. The third-order valence-corrected chi connectivity index (χ3v) is 3.56. The topological polar surface area (TPSA) is 64.2 Å². The molecule has 1 fully saturated rings. The molecule has 0 aliphatic carbocycles. The van der Waals surface area contributed by atoms with E-state index in [1.807, 2.05) is 13.8 Å². The molecule has 1 aromatic heterocycles. The van der Waals surface area contributed by atoms with E-state index in [9.17, 15) is 4.79 Å². The van der Waals surface area contributed by atoms with Crippen LogP contribution in [0.4, 0.5) is 5.95 Å². The molecule has 94 valence electrons. The number of anilines is 1. The Kier molecular flexibility index (Phi) is 3.19. The average molecular weight is 236 g/mol. The van der Waals surface area contributed by atoms with E-state index in [0.717, 1.165) is 43.1 Å². The molecule has 2 N–H and O–H groups in total. The van der Waals surface area contributed by atoms with Gasteiger partial charge in [0.25, 0.3) is 5.56 Å². The zero-order valence-electron chi connectivity index (χ0n) is 10.7. The Hall–Kier alpha value is -1.36. The van der Waals surface area contributed by atoms with Gasteiger partial charge < -0.3 is 10.6 Å². The molecule has 0 aromatic carbocycles. The SMILES string of the molecule is Cc1nc(N2CCC(N)CC2)n(C)c(=O)c1C. The maximum absolute atomic E-state index is 12.0. The molecule has 0 bridgehead atoms. The highest BCUT2D eigenvalue weighted by Gasteiger charge is 2.20. The number of hydrogen-bond donors (Lipinski definition) is 1. The van der Waals surface area contributed by atoms with Crippen LogP contribution >= 0.6 is 0 Å². The molecule has 2 heterocycles. The van der Waals surface area contributed by atoms with Gasteiger partial charge in [-0.3, -0.25) is 9.36 Å². The van der Waals surface area contributed by atoms with Crippen molar-refractivity contribution in [3.63, 3.8) is 0 Å². The monoisotopic (exact) mass is 236 g/mol. The molecule has 1 aliphatic rings. The zero-order chi connectivity index (χ0) is 12.6. The number of hydrogen-bond acceptors (Lipinski definition) is 4. The van der Waals surface area contributed by atoms with Gasteiger partial charge in [0.15, 0.2) is 0 Å². The predicted octanol–water partition coefficient (Wildman–Crippen LogP) is 0.325. The Morgan fingerprint density at radius 3 is 2.47 bits per heavy atom. The van der Waals surface area contributed by atoms with Crippen molar-refractivity contribution in [2.24, 2.45) is 12.8 Å². The van der Waals surface area contributed by atoms with Crippen molar-refractivity contribution in [2.45, 2.75) is 32.7 Å². The van der Waals surface area contributed by atoms with Gasteiger partial charge in [-0.1, -0.05) is 0 Å². The lowest BCUT2D eigenvalue weighted by Crippen LogP contribution is -2.42. The molecule has 0 atom stereocenters. The fourth-order valence-corrected chi connectivity index (χ4v) is 2.19. The molecule has 1 saturated heterocycles. The van der Waals surface area contributed by atoms with Crippen LogP contribution in [0.1, 0.15) is 24.1 Å². The molecular weight excluding hydrogens is 216 g/mol. The predicted molar refractivity (Wildman–Crippen MR) is 68.4 cm³/mol. The van der Waals surface area contributed by atoms with Gasteiger partial charge >= 0.3 is 0 Å². The van der Waals surface area contributed by atoms with Crippen molar-refractivity contribution in [1.29, 1.82) is 0 Å². The molecular formula is C12H20N4O. The first-order chi connectivity index (χ1) is 8.00. The van der Waals surface area contributed by atoms with Crippen LogP contribution in [-0.2, 0) is 7.05 Å². The first-order valence-electron chi connectivity index (χ1n) is 6.05. The van der Waals surface area contributed by atoms with Crippen LogP contribution in [-0.4, -0.2) is 28.7 Å². The normalized spacial score (nSPS) is 17.5. The van der Waals surface area contributed by atoms with Crippen LogP contribution in [0.3, 0.4) is 0 Å². The second-order valence-electron chi connectivity index (χ2n) is 4.81. The molecule has 17 heavy (non-hydrogen) atoms. The van der Waals surface area contributed by atoms with Gasteiger partial charge in [0.05, 0.1) is 0 Å². The van der Waals surface area contributed by atoms with Crippen LogP contribution < -0.4 is 16.2 Å². The van der Waals surface area contributed by atoms with E-state index in [-0.39, 0.29) is 11.6 Å². The molecule has 1 aliphatic heterocycles. The lowest BCUT2D eigenvalue weighted by atomic mass is 10.1. The Morgan fingerprint density at radius 2 is 1.88 bits per heavy atom. The van der Waals surface area contributed by atoms with Gasteiger partial charge in [0.2, 0.25) is 5.95 Å². The van der Waals surface area contributed by atoms with Crippen molar-refractivity contribution in [3.05, 3.63) is 21.6 Å². The molecule has 0 radical (unpaired) electrons. The van der Waals surface area contributed by atoms with Crippen LogP contribution in [0.2, 0.25) is 0 Å². The van der Waals surface area contributed by atoms with Crippen molar-refractivity contribution in [1.82, 2.24) is 9.55 Å². The lowest BCUT2D eigenvalue weighted by Gasteiger charge is -2.32. The third kappa shape index (κ3) is 2.20. The number of aromatic nitrogens is 2. The van der Waals surface area contributed by atoms with Gasteiger partial charge in [-0.15, -0.1) is 0 Å². The maximum atomic E-state index is 12.0. The van der Waals surface area contributed by atoms with E-state index >= 15 is 0 Å². The summed E-state index contributed by atoms with van der Waals surface area (Å²) in [5.41, 5.74) is 7.47. The third-order valence-electron chi connectivity index (χ3n) is 3.56. The quantitative estimate of drug-likeness (QED) is 0.763. The smallest absolute Gasteiger partial charge is 0.257 e. The number of rotatable bonds is 1. The van der Waals surface area contributed by atoms with E-state index in [0.29, 0.717) is 0 Å². The summed E-state index contributed by atoms with van der Waals surface area (Å²) in [5, 5.41) is 0. The number of nitrogens with zero attached hydrogens (tertiary/aromatic N) is 3. The molecule has 5 heteroatoms. The van der Waals surface area contributed by atoms with Gasteiger partial charge in [-0.2, -0.15) is 0 Å². The molecule has 2 rings (SSSR count). The molecule has 5 nitrogen and oxygen atoms in total. The summed E-state index contributed by atoms with van der Waals surface area (Å²) < 4.78 is 1.64. The van der Waals surface area contributed by atoms with Crippen molar-refractivity contribution >= 4 is 5.95 Å². The Morgan fingerprint density at radius 1 is 1.29 bits per heavy atom. The van der Waals surface area contributed by atoms with Gasteiger partial charge in [-0.05, 0) is 26.7 Å². The number of aryl methyl sites for hydroxylation is 1. The van der Waals surface area contributed by atoms with E-state index in [1.54, 1.807) is 11.6 Å². The molecule has 0 amide bonds. The Bertz CT molecular complexity index is 472. The molecule has 0 spiro atoms. The molecule has 0 saturated carbocycles. The number of nitrogens with two attached hydrogens (primary N) is 1. The molecule has 1 aromatic rings. The van der Waals surface area contributed by atoms with Crippen LogP contribution in [0, 0.1) is 13.8 Å². The standard InChI is InChI=1S/C12H20N4O/c1-8-9(2)14-12(15(3)11(8)17)16-6-4-10(13)5-7-16/h10H,4-7,13H2,1-3H3. The maximum Gasteiger partial charge on any atom is 0.257 e. The van der Waals surface area contributed by atoms with Crippen molar-refractivity contribution < 1.29 is 0 Å². The van der Waals surface area contributed by atoms with Crippen molar-refractivity contribution in [3.8, 4) is 0 Å².